The number of hydrogen-bond acceptors (Lipinski definition) is 6. The number of benzene rings is 1. The van der Waals surface area contributed by atoms with Crippen molar-refractivity contribution < 1.29 is 19.0 Å². The first-order valence-corrected chi connectivity index (χ1v) is 12.4. The van der Waals surface area contributed by atoms with Crippen LogP contribution >= 0.6 is 0 Å². The van der Waals surface area contributed by atoms with E-state index in [0.29, 0.717) is 0 Å². The summed E-state index contributed by atoms with van der Waals surface area (Å²) < 4.78 is 30.6. The van der Waals surface area contributed by atoms with E-state index in [4.69, 9.17) is 10.1 Å². The van der Waals surface area contributed by atoms with Gasteiger partial charge in [0.25, 0.3) is 0 Å². The molecule has 6 rings (SSSR count). The first-order chi connectivity index (χ1) is 17.8. The van der Waals surface area contributed by atoms with Gasteiger partial charge in [-0.2, -0.15) is 10.2 Å². The van der Waals surface area contributed by atoms with Crippen molar-refractivity contribution in [3.8, 4) is 22.5 Å². The molecule has 7 nitrogen and oxygen atoms in total. The summed E-state index contributed by atoms with van der Waals surface area (Å²) in [6, 6.07) is 11.5. The lowest BCUT2D eigenvalue weighted by Crippen LogP contribution is -2.37. The predicted octanol–water partition coefficient (Wildman–Crippen LogP) is 4.24. The molecule has 3 aromatic heterocycles. The molecule has 1 saturated carbocycles. The van der Waals surface area contributed by atoms with E-state index in [1.54, 1.807) is 23.1 Å². The van der Waals surface area contributed by atoms with Gasteiger partial charge in [-0.15, -0.1) is 5.10 Å². The van der Waals surface area contributed by atoms with Crippen molar-refractivity contribution in [3.05, 3.63) is 83.4 Å². The van der Waals surface area contributed by atoms with Crippen molar-refractivity contribution in [3.63, 3.8) is 0 Å². The third-order valence-corrected chi connectivity index (χ3v) is 8.32. The highest BCUT2D eigenvalue weighted by Gasteiger charge is 2.65. The molecule has 9 heteroatoms. The summed E-state index contributed by atoms with van der Waals surface area (Å²) in [5.41, 5.74) is 3.51. The smallest absolute Gasteiger partial charge is 0.135 e. The largest absolute Gasteiger partial charge is 0.394 e. The van der Waals surface area contributed by atoms with Gasteiger partial charge < -0.3 is 10.2 Å². The molecule has 190 valence electrons. The van der Waals surface area contributed by atoms with E-state index >= 15 is 0 Å². The lowest BCUT2D eigenvalue weighted by Gasteiger charge is -2.37. The SMILES string of the molecule is CC1(C)[C@H]2CC[C@]1(c1cccc(-c3cnn(C[C@@H](O)CO)c3)n1)c1nnc(-c3c(F)cccc3F)cc12. The van der Waals surface area contributed by atoms with Gasteiger partial charge in [0, 0.05) is 11.8 Å². The summed E-state index contributed by atoms with van der Waals surface area (Å²) in [4.78, 5) is 5.06. The van der Waals surface area contributed by atoms with Crippen LogP contribution in [0.25, 0.3) is 22.5 Å². The van der Waals surface area contributed by atoms with Gasteiger partial charge in [-0.3, -0.25) is 9.67 Å². The van der Waals surface area contributed by atoms with E-state index in [1.807, 2.05) is 18.2 Å². The maximum absolute atomic E-state index is 14.5. The van der Waals surface area contributed by atoms with Crippen molar-refractivity contribution in [1.29, 1.82) is 0 Å². The summed E-state index contributed by atoms with van der Waals surface area (Å²) in [7, 11) is 0. The third-order valence-electron chi connectivity index (χ3n) is 8.32. The van der Waals surface area contributed by atoms with Gasteiger partial charge >= 0.3 is 0 Å². The number of fused-ring (bicyclic) bond motifs is 5. The fraction of sp³-hybridized carbons (Fsp3) is 0.357. The Hall–Kier alpha value is -3.56. The van der Waals surface area contributed by atoms with Crippen molar-refractivity contribution >= 4 is 0 Å². The molecule has 0 amide bonds. The van der Waals surface area contributed by atoms with Gasteiger partial charge in [0.05, 0.1) is 59.2 Å². The maximum atomic E-state index is 14.5. The highest BCUT2D eigenvalue weighted by molar-refractivity contribution is 5.65. The quantitative estimate of drug-likeness (QED) is 0.409. The lowest BCUT2D eigenvalue weighted by molar-refractivity contribution is 0.0783. The number of hydrogen-bond donors (Lipinski definition) is 2. The molecule has 0 saturated heterocycles. The van der Waals surface area contributed by atoms with E-state index in [2.05, 4.69) is 29.1 Å². The number of aliphatic hydroxyl groups excluding tert-OH is 2. The molecule has 0 radical (unpaired) electrons. The zero-order valence-corrected chi connectivity index (χ0v) is 20.6. The Balaban J connectivity index is 1.43. The van der Waals surface area contributed by atoms with Crippen LogP contribution in [0.1, 0.15) is 49.6 Å². The topological polar surface area (TPSA) is 97.0 Å². The van der Waals surface area contributed by atoms with Crippen LogP contribution in [0.4, 0.5) is 8.78 Å². The molecule has 0 unspecified atom stereocenters. The van der Waals surface area contributed by atoms with Gasteiger partial charge in [0.2, 0.25) is 0 Å². The minimum Gasteiger partial charge on any atom is -0.394 e. The highest BCUT2D eigenvalue weighted by Crippen LogP contribution is 2.69. The second-order valence-corrected chi connectivity index (χ2v) is 10.5. The minimum absolute atomic E-state index is 0.153. The van der Waals surface area contributed by atoms with Gasteiger partial charge in [0.1, 0.15) is 11.6 Å². The Morgan fingerprint density at radius 2 is 1.84 bits per heavy atom. The first-order valence-electron chi connectivity index (χ1n) is 12.4. The van der Waals surface area contributed by atoms with Gasteiger partial charge in [-0.1, -0.05) is 26.0 Å². The number of pyridine rings is 1. The zero-order valence-electron chi connectivity index (χ0n) is 20.6. The fourth-order valence-corrected chi connectivity index (χ4v) is 6.46. The number of rotatable bonds is 6. The third kappa shape index (κ3) is 3.44. The predicted molar refractivity (Wildman–Crippen MR) is 132 cm³/mol. The highest BCUT2D eigenvalue weighted by atomic mass is 19.1. The Kier molecular flexibility index (Phi) is 5.47. The molecule has 0 aliphatic heterocycles. The maximum Gasteiger partial charge on any atom is 0.135 e. The second-order valence-electron chi connectivity index (χ2n) is 10.5. The zero-order chi connectivity index (χ0) is 25.9. The van der Waals surface area contributed by atoms with E-state index in [-0.39, 0.29) is 35.7 Å². The Morgan fingerprint density at radius 3 is 2.59 bits per heavy atom. The molecular weight excluding hydrogens is 476 g/mol. The molecule has 3 atom stereocenters. The van der Waals surface area contributed by atoms with Crippen molar-refractivity contribution in [2.45, 2.75) is 50.7 Å². The minimum atomic E-state index is -0.890. The number of halogens is 2. The fourth-order valence-electron chi connectivity index (χ4n) is 6.46. The first kappa shape index (κ1) is 23.8. The van der Waals surface area contributed by atoms with Crippen LogP contribution in [-0.2, 0) is 12.0 Å². The summed E-state index contributed by atoms with van der Waals surface area (Å²) in [5, 5.41) is 32.1. The molecule has 2 aliphatic carbocycles. The average Bonchev–Trinajstić information content (AvgIpc) is 3.51. The van der Waals surface area contributed by atoms with E-state index in [9.17, 15) is 13.9 Å². The van der Waals surface area contributed by atoms with Crippen molar-refractivity contribution in [2.24, 2.45) is 5.41 Å². The monoisotopic (exact) mass is 503 g/mol. The Bertz CT molecular complexity index is 1480. The molecule has 3 heterocycles. The number of nitrogens with zero attached hydrogens (tertiary/aromatic N) is 5. The van der Waals surface area contributed by atoms with Crippen LogP contribution in [0.15, 0.2) is 54.9 Å². The molecule has 2 aliphatic rings. The van der Waals surface area contributed by atoms with Crippen LogP contribution in [0.3, 0.4) is 0 Å². The van der Waals surface area contributed by atoms with E-state index < -0.39 is 23.2 Å². The number of aromatic nitrogens is 5. The summed E-state index contributed by atoms with van der Waals surface area (Å²) in [5.74, 6) is -1.17. The van der Waals surface area contributed by atoms with Crippen molar-refractivity contribution in [2.75, 3.05) is 6.61 Å². The van der Waals surface area contributed by atoms with E-state index in [1.165, 1.54) is 18.2 Å². The van der Waals surface area contributed by atoms with Crippen LogP contribution in [0.2, 0.25) is 0 Å². The van der Waals surface area contributed by atoms with Crippen LogP contribution in [0, 0.1) is 17.0 Å². The van der Waals surface area contributed by atoms with E-state index in [0.717, 1.165) is 41.1 Å². The molecule has 2 N–H and O–H groups in total. The number of aliphatic hydroxyl groups is 2. The second kappa shape index (κ2) is 8.49. The summed E-state index contributed by atoms with van der Waals surface area (Å²) >= 11 is 0. The molecule has 4 aromatic rings. The summed E-state index contributed by atoms with van der Waals surface area (Å²) in [6.45, 7) is 4.26. The van der Waals surface area contributed by atoms with Gasteiger partial charge in [0.15, 0.2) is 0 Å². The van der Waals surface area contributed by atoms with Crippen LogP contribution in [-0.4, -0.2) is 47.9 Å². The molecule has 0 spiro atoms. The van der Waals surface area contributed by atoms with Crippen LogP contribution in [0.5, 0.6) is 0 Å². The van der Waals surface area contributed by atoms with Gasteiger partial charge in [-0.05, 0) is 60.1 Å². The normalized spacial score (nSPS) is 22.3. The van der Waals surface area contributed by atoms with Crippen LogP contribution < -0.4 is 0 Å². The lowest BCUT2D eigenvalue weighted by atomic mass is 9.66. The molecule has 37 heavy (non-hydrogen) atoms. The molecule has 1 aromatic carbocycles. The van der Waals surface area contributed by atoms with Crippen molar-refractivity contribution in [1.82, 2.24) is 25.0 Å². The molecule has 1 fully saturated rings. The Morgan fingerprint density at radius 1 is 1.08 bits per heavy atom. The Labute approximate surface area is 212 Å². The average molecular weight is 504 g/mol. The molecule has 2 bridgehead atoms. The van der Waals surface area contributed by atoms with Gasteiger partial charge in [-0.25, -0.2) is 8.78 Å². The standard InChI is InChI=1S/C28H27F2N5O2/c1-27(2)19-9-10-28(27,26-18(19)11-23(33-34-26)25-20(29)5-3-6-21(25)30)24-8-4-7-22(32-24)16-12-31-35(13-16)14-17(37)15-36/h3-8,11-13,17,19,36-37H,9-10,14-15H2,1-2H3/t17-,19+,28+/m1/s1. The summed E-state index contributed by atoms with van der Waals surface area (Å²) in [6.07, 6.45) is 4.35. The molecular formula is C28H27F2N5O2.